The lowest BCUT2D eigenvalue weighted by molar-refractivity contribution is -0.00791. The number of fused-ring (bicyclic) bond motifs is 3. The van der Waals surface area contributed by atoms with Gasteiger partial charge in [-0.2, -0.15) is 0 Å². The lowest BCUT2D eigenvalue weighted by Crippen LogP contribution is -2.52. The smallest absolute Gasteiger partial charge is 0.138 e. The number of rotatable bonds is 3. The van der Waals surface area contributed by atoms with E-state index >= 15 is 0 Å². The standard InChI is InChI=1S/C19H21ClN2O/c1-13-2-4-16(17(20)10-13)18-5-3-15(11-21-18)23-19-12-22-8-6-14(19)7-9-22/h2-5,10-11,14,19H,6-9,12H2,1H3. The topological polar surface area (TPSA) is 25.4 Å². The van der Waals surface area contributed by atoms with Crippen molar-refractivity contribution < 1.29 is 4.74 Å². The molecule has 0 amide bonds. The van der Waals surface area contributed by atoms with Crippen molar-refractivity contribution in [1.82, 2.24) is 9.88 Å². The van der Waals surface area contributed by atoms with Crippen molar-refractivity contribution in [2.75, 3.05) is 19.6 Å². The fourth-order valence-corrected chi connectivity index (χ4v) is 3.99. The summed E-state index contributed by atoms with van der Waals surface area (Å²) in [5.74, 6) is 1.56. The van der Waals surface area contributed by atoms with E-state index in [-0.39, 0.29) is 0 Å². The molecular weight excluding hydrogens is 308 g/mol. The first-order valence-corrected chi connectivity index (χ1v) is 8.68. The van der Waals surface area contributed by atoms with Gasteiger partial charge in [-0.1, -0.05) is 23.7 Å². The van der Waals surface area contributed by atoms with Crippen LogP contribution in [-0.2, 0) is 0 Å². The molecular formula is C19H21ClN2O. The highest BCUT2D eigenvalue weighted by Gasteiger charge is 2.35. The number of aryl methyl sites for hydroxylation is 1. The quantitative estimate of drug-likeness (QED) is 0.845. The van der Waals surface area contributed by atoms with E-state index in [0.717, 1.165) is 34.1 Å². The van der Waals surface area contributed by atoms with Crippen molar-refractivity contribution >= 4 is 11.6 Å². The largest absolute Gasteiger partial charge is 0.487 e. The van der Waals surface area contributed by atoms with E-state index in [2.05, 4.69) is 16.0 Å². The Balaban J connectivity index is 1.50. The summed E-state index contributed by atoms with van der Waals surface area (Å²) in [5, 5.41) is 0.739. The van der Waals surface area contributed by atoms with Crippen molar-refractivity contribution in [2.24, 2.45) is 5.92 Å². The summed E-state index contributed by atoms with van der Waals surface area (Å²) < 4.78 is 6.19. The summed E-state index contributed by atoms with van der Waals surface area (Å²) in [6.07, 6.45) is 4.65. The first-order valence-electron chi connectivity index (χ1n) is 8.30. The fraction of sp³-hybridized carbons (Fsp3) is 0.421. The van der Waals surface area contributed by atoms with Gasteiger partial charge in [-0.05, 0) is 62.5 Å². The maximum atomic E-state index is 6.33. The predicted molar refractivity (Wildman–Crippen MR) is 93.0 cm³/mol. The van der Waals surface area contributed by atoms with E-state index in [1.165, 1.54) is 25.9 Å². The van der Waals surface area contributed by atoms with Crippen LogP contribution in [-0.4, -0.2) is 35.6 Å². The number of hydrogen-bond acceptors (Lipinski definition) is 3. The minimum absolute atomic E-state index is 0.313. The fourth-order valence-electron chi connectivity index (χ4n) is 3.66. The Morgan fingerprint density at radius 3 is 2.61 bits per heavy atom. The molecule has 3 aliphatic heterocycles. The molecule has 2 aromatic rings. The van der Waals surface area contributed by atoms with Gasteiger partial charge in [0.1, 0.15) is 11.9 Å². The lowest BCUT2D eigenvalue weighted by atomic mass is 9.86. The maximum absolute atomic E-state index is 6.33. The molecule has 4 heterocycles. The van der Waals surface area contributed by atoms with E-state index < -0.39 is 0 Å². The molecule has 1 unspecified atom stereocenters. The third-order valence-corrected chi connectivity index (χ3v) is 5.33. The maximum Gasteiger partial charge on any atom is 0.138 e. The zero-order chi connectivity index (χ0) is 15.8. The molecule has 3 nitrogen and oxygen atoms in total. The number of pyridine rings is 1. The molecule has 4 heteroatoms. The number of halogens is 1. The highest BCUT2D eigenvalue weighted by molar-refractivity contribution is 6.33. The number of benzene rings is 1. The molecule has 0 N–H and O–H groups in total. The second-order valence-electron chi connectivity index (χ2n) is 6.66. The first-order chi connectivity index (χ1) is 11.2. The third kappa shape index (κ3) is 3.08. The molecule has 23 heavy (non-hydrogen) atoms. The molecule has 1 aromatic heterocycles. The normalized spacial score (nSPS) is 26.3. The zero-order valence-corrected chi connectivity index (χ0v) is 14.1. The molecule has 2 bridgehead atoms. The van der Waals surface area contributed by atoms with Crippen molar-refractivity contribution in [3.63, 3.8) is 0 Å². The van der Waals surface area contributed by atoms with Gasteiger partial charge in [-0.25, -0.2) is 0 Å². The van der Waals surface area contributed by atoms with Crippen LogP contribution in [0.3, 0.4) is 0 Å². The number of hydrogen-bond donors (Lipinski definition) is 0. The molecule has 0 aliphatic carbocycles. The Hall–Kier alpha value is -1.58. The van der Waals surface area contributed by atoms with Crippen LogP contribution in [0.25, 0.3) is 11.3 Å². The van der Waals surface area contributed by atoms with Crippen LogP contribution < -0.4 is 4.74 Å². The number of piperidine rings is 3. The Morgan fingerprint density at radius 1 is 1.17 bits per heavy atom. The molecule has 1 aromatic carbocycles. The van der Waals surface area contributed by atoms with E-state index in [0.29, 0.717) is 12.0 Å². The summed E-state index contributed by atoms with van der Waals surface area (Å²) in [7, 11) is 0. The average molecular weight is 329 g/mol. The van der Waals surface area contributed by atoms with Crippen LogP contribution in [0.1, 0.15) is 18.4 Å². The second-order valence-corrected chi connectivity index (χ2v) is 7.06. The molecule has 0 radical (unpaired) electrons. The van der Waals surface area contributed by atoms with Gasteiger partial charge in [0.2, 0.25) is 0 Å². The number of ether oxygens (including phenoxy) is 1. The highest BCUT2D eigenvalue weighted by atomic mass is 35.5. The van der Waals surface area contributed by atoms with Gasteiger partial charge in [0.25, 0.3) is 0 Å². The second kappa shape index (κ2) is 6.14. The van der Waals surface area contributed by atoms with Gasteiger partial charge in [0.15, 0.2) is 0 Å². The van der Waals surface area contributed by atoms with E-state index in [1.807, 2.05) is 37.4 Å². The van der Waals surface area contributed by atoms with E-state index in [9.17, 15) is 0 Å². The van der Waals surface area contributed by atoms with Crippen LogP contribution in [0.15, 0.2) is 36.5 Å². The van der Waals surface area contributed by atoms with Crippen LogP contribution in [0.4, 0.5) is 0 Å². The van der Waals surface area contributed by atoms with Crippen LogP contribution in [0.2, 0.25) is 5.02 Å². The first kappa shape index (κ1) is 15.0. The summed E-state index contributed by atoms with van der Waals surface area (Å²) in [6, 6.07) is 10.0. The molecule has 0 spiro atoms. The monoisotopic (exact) mass is 328 g/mol. The molecule has 120 valence electrons. The Morgan fingerprint density at radius 2 is 2.00 bits per heavy atom. The van der Waals surface area contributed by atoms with Gasteiger partial charge in [0, 0.05) is 12.1 Å². The zero-order valence-electron chi connectivity index (χ0n) is 13.3. The van der Waals surface area contributed by atoms with Gasteiger partial charge in [-0.3, -0.25) is 9.88 Å². The summed E-state index contributed by atoms with van der Waals surface area (Å²) in [4.78, 5) is 7.04. The summed E-state index contributed by atoms with van der Waals surface area (Å²) >= 11 is 6.33. The van der Waals surface area contributed by atoms with Gasteiger partial charge >= 0.3 is 0 Å². The van der Waals surface area contributed by atoms with E-state index in [1.54, 1.807) is 0 Å². The summed E-state index contributed by atoms with van der Waals surface area (Å²) in [5.41, 5.74) is 3.00. The van der Waals surface area contributed by atoms with Crippen molar-refractivity contribution in [3.05, 3.63) is 47.1 Å². The van der Waals surface area contributed by atoms with Crippen LogP contribution >= 0.6 is 11.6 Å². The molecule has 5 rings (SSSR count). The average Bonchev–Trinajstić information content (AvgIpc) is 2.57. The molecule has 3 aliphatic rings. The Kier molecular flexibility index (Phi) is 4.00. The van der Waals surface area contributed by atoms with Crippen molar-refractivity contribution in [3.8, 4) is 17.0 Å². The molecule has 3 fully saturated rings. The molecule has 1 atom stereocenters. The van der Waals surface area contributed by atoms with Crippen molar-refractivity contribution in [1.29, 1.82) is 0 Å². The number of nitrogens with zero attached hydrogens (tertiary/aromatic N) is 2. The lowest BCUT2D eigenvalue weighted by Gasteiger charge is -2.44. The highest BCUT2D eigenvalue weighted by Crippen LogP contribution is 2.32. The van der Waals surface area contributed by atoms with E-state index in [4.69, 9.17) is 16.3 Å². The summed E-state index contributed by atoms with van der Waals surface area (Å²) in [6.45, 7) is 5.55. The minimum atomic E-state index is 0.313. The number of aromatic nitrogens is 1. The molecule has 0 saturated carbocycles. The SMILES string of the molecule is Cc1ccc(-c2ccc(OC3CN4CCC3CC4)cn2)c(Cl)c1. The Bertz CT molecular complexity index is 693. The van der Waals surface area contributed by atoms with Gasteiger partial charge in [0.05, 0.1) is 16.9 Å². The predicted octanol–water partition coefficient (Wildman–Crippen LogP) is 4.18. The van der Waals surface area contributed by atoms with Gasteiger partial charge < -0.3 is 4.74 Å². The van der Waals surface area contributed by atoms with Crippen LogP contribution in [0, 0.1) is 12.8 Å². The third-order valence-electron chi connectivity index (χ3n) is 5.02. The minimum Gasteiger partial charge on any atom is -0.487 e. The van der Waals surface area contributed by atoms with Crippen LogP contribution in [0.5, 0.6) is 5.75 Å². The Labute approximate surface area is 142 Å². The van der Waals surface area contributed by atoms with Crippen molar-refractivity contribution in [2.45, 2.75) is 25.9 Å². The molecule has 3 saturated heterocycles. The van der Waals surface area contributed by atoms with Gasteiger partial charge in [-0.15, -0.1) is 0 Å².